The van der Waals surface area contributed by atoms with Crippen molar-refractivity contribution in [2.24, 2.45) is 5.10 Å². The maximum absolute atomic E-state index is 12.9. The number of hydrogen-bond acceptors (Lipinski definition) is 3. The lowest BCUT2D eigenvalue weighted by Crippen LogP contribution is -2.18. The van der Waals surface area contributed by atoms with Gasteiger partial charge in [-0.2, -0.15) is 10.2 Å². The average molecular weight is 499 g/mol. The normalized spacial score (nSPS) is 11.3. The van der Waals surface area contributed by atoms with Gasteiger partial charge in [0.25, 0.3) is 5.91 Å². The Morgan fingerprint density at radius 1 is 0.914 bits per heavy atom. The number of nitrogens with one attached hydrogen (secondary N) is 1. The minimum Gasteiger partial charge on any atom is -0.265 e. The van der Waals surface area contributed by atoms with E-state index in [-0.39, 0.29) is 5.69 Å². The molecular weight excluding hydrogens is 479 g/mol. The van der Waals surface area contributed by atoms with E-state index >= 15 is 0 Å². The number of rotatable bonds is 5. The Kier molecular flexibility index (Phi) is 6.36. The lowest BCUT2D eigenvalue weighted by atomic mass is 10.0. The highest BCUT2D eigenvalue weighted by atomic mass is 35.5. The van der Waals surface area contributed by atoms with Gasteiger partial charge in [0.2, 0.25) is 0 Å². The molecule has 0 unspecified atom stereocenters. The molecule has 35 heavy (non-hydrogen) atoms. The predicted octanol–water partition coefficient (Wildman–Crippen LogP) is 7.07. The molecule has 1 amide bonds. The summed E-state index contributed by atoms with van der Waals surface area (Å²) in [6.07, 6.45) is 1.47. The molecule has 1 N–H and O–H groups in total. The van der Waals surface area contributed by atoms with Gasteiger partial charge in [-0.05, 0) is 53.6 Å². The number of halogens is 2. The van der Waals surface area contributed by atoms with Crippen LogP contribution in [-0.2, 0) is 0 Å². The average Bonchev–Trinajstić information content (AvgIpc) is 3.31. The molecule has 1 aromatic heterocycles. The Hall–Kier alpha value is -3.93. The number of nitrogens with zero attached hydrogens (tertiary/aromatic N) is 3. The summed E-state index contributed by atoms with van der Waals surface area (Å²) in [4.78, 5) is 12.9. The number of benzene rings is 4. The van der Waals surface area contributed by atoms with E-state index in [4.69, 9.17) is 23.2 Å². The number of aromatic nitrogens is 2. The zero-order chi connectivity index (χ0) is 24.4. The van der Waals surface area contributed by atoms with Crippen LogP contribution in [0.4, 0.5) is 0 Å². The quantitative estimate of drug-likeness (QED) is 0.208. The van der Waals surface area contributed by atoms with Crippen LogP contribution in [0.3, 0.4) is 0 Å². The van der Waals surface area contributed by atoms with Crippen LogP contribution in [0, 0.1) is 6.92 Å². The summed E-state index contributed by atoms with van der Waals surface area (Å²) in [5.41, 5.74) is 7.12. The minimum atomic E-state index is -0.430. The summed E-state index contributed by atoms with van der Waals surface area (Å²) in [5, 5.41) is 11.9. The molecule has 0 fully saturated rings. The van der Waals surface area contributed by atoms with Crippen molar-refractivity contribution in [3.8, 4) is 16.9 Å². The first-order valence-electron chi connectivity index (χ1n) is 10.9. The number of para-hydroxylation sites is 1. The van der Waals surface area contributed by atoms with E-state index in [9.17, 15) is 4.79 Å². The first-order chi connectivity index (χ1) is 17.0. The number of fused-ring (bicyclic) bond motifs is 1. The SMILES string of the molecule is Cc1ccccc1-n1nc(C(=O)N/N=C\c2ccc(Cl)cc2Cl)cc1-c1ccc2ccccc2c1. The van der Waals surface area contributed by atoms with Crippen LogP contribution in [-0.4, -0.2) is 21.9 Å². The molecule has 0 aliphatic rings. The Morgan fingerprint density at radius 2 is 1.69 bits per heavy atom. The number of amides is 1. The first-order valence-corrected chi connectivity index (χ1v) is 11.7. The lowest BCUT2D eigenvalue weighted by Gasteiger charge is -2.11. The molecule has 0 aliphatic carbocycles. The molecule has 0 aliphatic heterocycles. The third-order valence-corrected chi connectivity index (χ3v) is 6.23. The Morgan fingerprint density at radius 3 is 2.49 bits per heavy atom. The van der Waals surface area contributed by atoms with Gasteiger partial charge < -0.3 is 0 Å². The van der Waals surface area contributed by atoms with Crippen LogP contribution in [0.25, 0.3) is 27.7 Å². The van der Waals surface area contributed by atoms with Gasteiger partial charge in [-0.25, -0.2) is 10.1 Å². The third kappa shape index (κ3) is 4.83. The van der Waals surface area contributed by atoms with Crippen LogP contribution in [0.15, 0.2) is 96.1 Å². The molecule has 0 radical (unpaired) electrons. The molecule has 172 valence electrons. The summed E-state index contributed by atoms with van der Waals surface area (Å²) in [7, 11) is 0. The second-order valence-electron chi connectivity index (χ2n) is 8.04. The number of hydrogen-bond donors (Lipinski definition) is 1. The minimum absolute atomic E-state index is 0.246. The van der Waals surface area contributed by atoms with Gasteiger partial charge in [0, 0.05) is 16.1 Å². The third-order valence-electron chi connectivity index (χ3n) is 5.66. The van der Waals surface area contributed by atoms with Crippen LogP contribution in [0.2, 0.25) is 10.0 Å². The molecule has 0 saturated carbocycles. The van der Waals surface area contributed by atoms with Crippen molar-refractivity contribution in [3.05, 3.63) is 118 Å². The summed E-state index contributed by atoms with van der Waals surface area (Å²) in [5.74, 6) is -0.430. The van der Waals surface area contributed by atoms with E-state index in [0.717, 1.165) is 33.3 Å². The molecular formula is C28H20Cl2N4O. The number of carbonyl (C=O) groups is 1. The molecule has 1 heterocycles. The van der Waals surface area contributed by atoms with Gasteiger partial charge in [0.15, 0.2) is 5.69 Å². The summed E-state index contributed by atoms with van der Waals surface area (Å²) in [6.45, 7) is 2.01. The number of hydrazone groups is 1. The van der Waals surface area contributed by atoms with Crippen molar-refractivity contribution in [2.75, 3.05) is 0 Å². The van der Waals surface area contributed by atoms with E-state index in [1.807, 2.05) is 49.4 Å². The van der Waals surface area contributed by atoms with Crippen LogP contribution < -0.4 is 5.43 Å². The van der Waals surface area contributed by atoms with E-state index < -0.39 is 5.91 Å². The van der Waals surface area contributed by atoms with Crippen molar-refractivity contribution in [2.45, 2.75) is 6.92 Å². The van der Waals surface area contributed by atoms with E-state index in [0.29, 0.717) is 15.6 Å². The fourth-order valence-electron chi connectivity index (χ4n) is 3.85. The standard InChI is InChI=1S/C28H20Cl2N4O/c1-18-6-2-5-9-26(18)34-27(21-11-10-19-7-3-4-8-20(19)14-21)16-25(33-34)28(35)32-31-17-22-12-13-23(29)15-24(22)30/h2-17H,1H3,(H,32,35)/b31-17-. The highest BCUT2D eigenvalue weighted by Crippen LogP contribution is 2.28. The lowest BCUT2D eigenvalue weighted by molar-refractivity contribution is 0.0949. The van der Waals surface area contributed by atoms with Crippen molar-refractivity contribution in [1.29, 1.82) is 0 Å². The van der Waals surface area contributed by atoms with Crippen molar-refractivity contribution < 1.29 is 4.79 Å². The molecule has 5 nitrogen and oxygen atoms in total. The summed E-state index contributed by atoms with van der Waals surface area (Å²) >= 11 is 12.1. The number of carbonyl (C=O) groups excluding carboxylic acids is 1. The maximum atomic E-state index is 12.9. The highest BCUT2D eigenvalue weighted by molar-refractivity contribution is 6.36. The smallest absolute Gasteiger partial charge is 0.265 e. The Balaban J connectivity index is 1.51. The van der Waals surface area contributed by atoms with Gasteiger partial charge >= 0.3 is 0 Å². The molecule has 5 rings (SSSR count). The highest BCUT2D eigenvalue weighted by Gasteiger charge is 2.18. The fourth-order valence-corrected chi connectivity index (χ4v) is 4.31. The van der Waals surface area contributed by atoms with E-state index in [2.05, 4.69) is 39.9 Å². The summed E-state index contributed by atoms with van der Waals surface area (Å²) in [6, 6.07) is 29.1. The molecule has 0 bridgehead atoms. The molecule has 4 aromatic carbocycles. The molecule has 0 saturated heterocycles. The molecule has 0 spiro atoms. The van der Waals surface area contributed by atoms with Gasteiger partial charge in [-0.15, -0.1) is 0 Å². The Bertz CT molecular complexity index is 1590. The van der Waals surface area contributed by atoms with Gasteiger partial charge in [0.1, 0.15) is 0 Å². The zero-order valence-electron chi connectivity index (χ0n) is 18.7. The predicted molar refractivity (Wildman–Crippen MR) is 143 cm³/mol. The van der Waals surface area contributed by atoms with Crippen LogP contribution in [0.5, 0.6) is 0 Å². The monoisotopic (exact) mass is 498 g/mol. The van der Waals surface area contributed by atoms with E-state index in [1.165, 1.54) is 6.21 Å². The van der Waals surface area contributed by atoms with Crippen LogP contribution >= 0.6 is 23.2 Å². The van der Waals surface area contributed by atoms with Gasteiger partial charge in [-0.1, -0.05) is 83.9 Å². The molecule has 5 aromatic rings. The Labute approximate surface area is 212 Å². The second-order valence-corrected chi connectivity index (χ2v) is 8.88. The number of aryl methyl sites for hydroxylation is 1. The largest absolute Gasteiger partial charge is 0.291 e. The van der Waals surface area contributed by atoms with Crippen molar-refractivity contribution in [1.82, 2.24) is 15.2 Å². The van der Waals surface area contributed by atoms with Crippen molar-refractivity contribution >= 4 is 46.1 Å². The van der Waals surface area contributed by atoms with Crippen molar-refractivity contribution in [3.63, 3.8) is 0 Å². The molecule has 0 atom stereocenters. The fraction of sp³-hybridized carbons (Fsp3) is 0.0357. The topological polar surface area (TPSA) is 59.3 Å². The van der Waals surface area contributed by atoms with Gasteiger partial charge in [0.05, 0.1) is 22.6 Å². The first kappa shape index (κ1) is 22.8. The zero-order valence-corrected chi connectivity index (χ0v) is 20.3. The maximum Gasteiger partial charge on any atom is 0.291 e. The van der Waals surface area contributed by atoms with Gasteiger partial charge in [-0.3, -0.25) is 4.79 Å². The second kappa shape index (κ2) is 9.74. The molecule has 7 heteroatoms. The summed E-state index contributed by atoms with van der Waals surface area (Å²) < 4.78 is 1.80. The van der Waals surface area contributed by atoms with E-state index in [1.54, 1.807) is 28.9 Å². The van der Waals surface area contributed by atoms with Crippen LogP contribution in [0.1, 0.15) is 21.6 Å².